The molecule has 0 aromatic rings. The summed E-state index contributed by atoms with van der Waals surface area (Å²) < 4.78 is 10.1. The molecule has 2 heterocycles. The van der Waals surface area contributed by atoms with E-state index >= 15 is 0 Å². The molecule has 4 nitrogen and oxygen atoms in total. The Morgan fingerprint density at radius 1 is 1.45 bits per heavy atom. The first-order valence-electron chi connectivity index (χ1n) is 3.68. The lowest BCUT2D eigenvalue weighted by molar-refractivity contribution is -0.133. The van der Waals surface area contributed by atoms with E-state index in [0.717, 1.165) is 0 Å². The summed E-state index contributed by atoms with van der Waals surface area (Å²) in [5.41, 5.74) is 0. The Balaban J connectivity index is 2.09. The summed E-state index contributed by atoms with van der Waals surface area (Å²) in [6.07, 6.45) is -0.874. The fourth-order valence-corrected chi connectivity index (χ4v) is 1.39. The molecule has 2 aliphatic rings. The van der Waals surface area contributed by atoms with Gasteiger partial charge in [0, 0.05) is 5.92 Å². The van der Waals surface area contributed by atoms with Gasteiger partial charge in [0.2, 0.25) is 0 Å². The summed E-state index contributed by atoms with van der Waals surface area (Å²) >= 11 is 0. The number of aldehydes is 1. The highest BCUT2D eigenvalue weighted by molar-refractivity contribution is 5.57. The molecule has 62 valence electrons. The van der Waals surface area contributed by atoms with Crippen LogP contribution in [0.1, 0.15) is 6.92 Å². The maximum atomic E-state index is 10.4. The van der Waals surface area contributed by atoms with Crippen molar-refractivity contribution < 1.29 is 19.4 Å². The number of ether oxygens (including phenoxy) is 2. The quantitative estimate of drug-likeness (QED) is 0.405. The second-order valence-corrected chi connectivity index (χ2v) is 3.06. The fraction of sp³-hybridized carbons (Fsp3) is 0.857. The van der Waals surface area contributed by atoms with Crippen molar-refractivity contribution in [2.75, 3.05) is 0 Å². The van der Waals surface area contributed by atoms with Crippen LogP contribution in [0.2, 0.25) is 0 Å². The van der Waals surface area contributed by atoms with Crippen molar-refractivity contribution in [1.82, 2.24) is 0 Å². The lowest BCUT2D eigenvalue weighted by atomic mass is 9.94. The maximum absolute atomic E-state index is 10.4. The number of hydrogen-bond acceptors (Lipinski definition) is 4. The Hall–Kier alpha value is -0.450. The predicted molar refractivity (Wildman–Crippen MR) is 34.8 cm³/mol. The first kappa shape index (κ1) is 7.21. The third kappa shape index (κ3) is 0.982. The van der Waals surface area contributed by atoms with Gasteiger partial charge in [-0.2, -0.15) is 0 Å². The molecule has 0 aromatic carbocycles. The summed E-state index contributed by atoms with van der Waals surface area (Å²) in [4.78, 5) is 10.4. The van der Waals surface area contributed by atoms with Crippen molar-refractivity contribution >= 4 is 6.29 Å². The van der Waals surface area contributed by atoms with Gasteiger partial charge in [0.05, 0.1) is 6.10 Å². The topological polar surface area (TPSA) is 59.1 Å². The number of hydrogen-bond donors (Lipinski definition) is 1. The van der Waals surface area contributed by atoms with Gasteiger partial charge in [0.25, 0.3) is 0 Å². The van der Waals surface area contributed by atoms with Crippen LogP contribution in [0.3, 0.4) is 0 Å². The first-order valence-corrected chi connectivity index (χ1v) is 3.68. The lowest BCUT2D eigenvalue weighted by Crippen LogP contribution is -2.42. The zero-order chi connectivity index (χ0) is 8.01. The van der Waals surface area contributed by atoms with Crippen LogP contribution in [0, 0.1) is 5.92 Å². The normalized spacial score (nSPS) is 54.9. The summed E-state index contributed by atoms with van der Waals surface area (Å²) in [7, 11) is 0. The van der Waals surface area contributed by atoms with Crippen LogP contribution < -0.4 is 0 Å². The Kier molecular flexibility index (Phi) is 1.49. The molecule has 0 aliphatic carbocycles. The van der Waals surface area contributed by atoms with E-state index in [-0.39, 0.29) is 18.3 Å². The molecule has 2 saturated heterocycles. The van der Waals surface area contributed by atoms with Gasteiger partial charge < -0.3 is 19.4 Å². The van der Waals surface area contributed by atoms with E-state index in [1.165, 1.54) is 0 Å². The first-order chi connectivity index (χ1) is 5.24. The molecule has 1 N–H and O–H groups in total. The Morgan fingerprint density at radius 2 is 2.18 bits per heavy atom. The third-order valence-corrected chi connectivity index (χ3v) is 2.30. The summed E-state index contributed by atoms with van der Waals surface area (Å²) in [5, 5.41) is 9.43. The summed E-state index contributed by atoms with van der Waals surface area (Å²) in [5.74, 6) is -0.156. The number of aliphatic hydroxyl groups excluding tert-OH is 1. The SMILES string of the molecule is CC1C(C=O)OC2OC2C1O. The minimum absolute atomic E-state index is 0.156. The molecule has 5 atom stereocenters. The standard InChI is InChI=1S/C7H10O4/c1-3-4(2-8)10-7-6(11-7)5(3)9/h2-7,9H,1H3. The van der Waals surface area contributed by atoms with E-state index in [4.69, 9.17) is 9.47 Å². The van der Waals surface area contributed by atoms with Gasteiger partial charge in [0.15, 0.2) is 6.29 Å². The molecular weight excluding hydrogens is 148 g/mol. The maximum Gasteiger partial charge on any atom is 0.187 e. The smallest absolute Gasteiger partial charge is 0.187 e. The van der Waals surface area contributed by atoms with E-state index in [0.29, 0.717) is 6.29 Å². The Bertz CT molecular complexity index is 181. The summed E-state index contributed by atoms with van der Waals surface area (Å²) in [6, 6.07) is 0. The zero-order valence-electron chi connectivity index (χ0n) is 6.14. The molecule has 0 radical (unpaired) electrons. The molecule has 5 unspecified atom stereocenters. The Morgan fingerprint density at radius 3 is 2.82 bits per heavy atom. The second kappa shape index (κ2) is 2.27. The van der Waals surface area contributed by atoms with Crippen molar-refractivity contribution in [1.29, 1.82) is 0 Å². The lowest BCUT2D eigenvalue weighted by Gasteiger charge is -2.26. The molecule has 2 fully saturated rings. The molecule has 11 heavy (non-hydrogen) atoms. The number of fused-ring (bicyclic) bond motifs is 1. The monoisotopic (exact) mass is 158 g/mol. The Labute approximate surface area is 64.1 Å². The van der Waals surface area contributed by atoms with Crippen LogP contribution in [0.5, 0.6) is 0 Å². The largest absolute Gasteiger partial charge is 0.390 e. The molecular formula is C7H10O4. The van der Waals surface area contributed by atoms with E-state index in [2.05, 4.69) is 0 Å². The molecule has 0 amide bonds. The summed E-state index contributed by atoms with van der Waals surface area (Å²) in [6.45, 7) is 1.78. The van der Waals surface area contributed by atoms with Crippen LogP contribution in [0.15, 0.2) is 0 Å². The molecule has 0 aromatic heterocycles. The van der Waals surface area contributed by atoms with Crippen LogP contribution >= 0.6 is 0 Å². The van der Waals surface area contributed by atoms with E-state index in [1.54, 1.807) is 6.92 Å². The second-order valence-electron chi connectivity index (χ2n) is 3.06. The number of aliphatic hydroxyl groups is 1. The molecule has 0 spiro atoms. The predicted octanol–water partition coefficient (Wildman–Crippen LogP) is -0.694. The average Bonchev–Trinajstić information content (AvgIpc) is 2.75. The van der Waals surface area contributed by atoms with Gasteiger partial charge >= 0.3 is 0 Å². The van der Waals surface area contributed by atoms with Crippen LogP contribution in [-0.4, -0.2) is 36.0 Å². The molecule has 0 bridgehead atoms. The van der Waals surface area contributed by atoms with Crippen LogP contribution in [0.4, 0.5) is 0 Å². The fourth-order valence-electron chi connectivity index (χ4n) is 1.39. The van der Waals surface area contributed by atoms with Crippen molar-refractivity contribution in [2.24, 2.45) is 5.92 Å². The van der Waals surface area contributed by atoms with Crippen molar-refractivity contribution in [2.45, 2.75) is 31.5 Å². The van der Waals surface area contributed by atoms with Crippen LogP contribution in [0.25, 0.3) is 0 Å². The minimum atomic E-state index is -0.552. The van der Waals surface area contributed by atoms with Crippen molar-refractivity contribution in [3.8, 4) is 0 Å². The van der Waals surface area contributed by atoms with Crippen molar-refractivity contribution in [3.05, 3.63) is 0 Å². The van der Waals surface area contributed by atoms with E-state index < -0.39 is 12.2 Å². The van der Waals surface area contributed by atoms with Gasteiger partial charge in [0.1, 0.15) is 18.5 Å². The van der Waals surface area contributed by atoms with Gasteiger partial charge in [-0.1, -0.05) is 6.92 Å². The highest BCUT2D eigenvalue weighted by atomic mass is 16.8. The van der Waals surface area contributed by atoms with Crippen LogP contribution in [-0.2, 0) is 14.3 Å². The van der Waals surface area contributed by atoms with E-state index in [1.807, 2.05) is 0 Å². The molecule has 0 saturated carbocycles. The zero-order valence-corrected chi connectivity index (χ0v) is 6.14. The van der Waals surface area contributed by atoms with Gasteiger partial charge in [-0.25, -0.2) is 0 Å². The number of carbonyl (C=O) groups is 1. The highest BCUT2D eigenvalue weighted by Gasteiger charge is 2.54. The molecule has 2 aliphatic heterocycles. The minimum Gasteiger partial charge on any atom is -0.390 e. The molecule has 4 heteroatoms. The molecule has 2 rings (SSSR count). The van der Waals surface area contributed by atoms with E-state index in [9.17, 15) is 9.90 Å². The third-order valence-electron chi connectivity index (χ3n) is 2.30. The number of rotatable bonds is 1. The number of carbonyl (C=O) groups excluding carboxylic acids is 1. The van der Waals surface area contributed by atoms with Gasteiger partial charge in [-0.3, -0.25) is 0 Å². The van der Waals surface area contributed by atoms with Gasteiger partial charge in [-0.05, 0) is 0 Å². The number of epoxide rings is 1. The highest BCUT2D eigenvalue weighted by Crippen LogP contribution is 2.37. The van der Waals surface area contributed by atoms with Crippen molar-refractivity contribution in [3.63, 3.8) is 0 Å². The van der Waals surface area contributed by atoms with Gasteiger partial charge in [-0.15, -0.1) is 0 Å². The average molecular weight is 158 g/mol.